The first-order chi connectivity index (χ1) is 13.1. The van der Waals surface area contributed by atoms with E-state index in [4.69, 9.17) is 4.74 Å². The number of allylic oxidation sites excluding steroid dienone is 1. The van der Waals surface area contributed by atoms with Crippen molar-refractivity contribution in [2.45, 2.75) is 4.90 Å². The number of carbonyl (C=O) groups excluding carboxylic acids is 1. The Labute approximate surface area is 160 Å². The zero-order valence-corrected chi connectivity index (χ0v) is 15.0. The largest absolute Gasteiger partial charge is 0.453 e. The highest BCUT2D eigenvalue weighted by Gasteiger charge is 2.15. The van der Waals surface area contributed by atoms with Crippen LogP contribution in [0.25, 0.3) is 6.08 Å². The molecule has 0 aliphatic carbocycles. The van der Waals surface area contributed by atoms with Gasteiger partial charge in [-0.05, 0) is 35.9 Å². The number of ketones is 1. The lowest BCUT2D eigenvalue weighted by Crippen LogP contribution is -2.09. The quantitative estimate of drug-likeness (QED) is 0.140. The van der Waals surface area contributed by atoms with Crippen molar-refractivity contribution in [3.63, 3.8) is 0 Å². The van der Waals surface area contributed by atoms with Crippen molar-refractivity contribution in [2.75, 3.05) is 0 Å². The second kappa shape index (κ2) is 8.82. The van der Waals surface area contributed by atoms with E-state index in [1.54, 1.807) is 54.6 Å². The van der Waals surface area contributed by atoms with Crippen LogP contribution in [-0.4, -0.2) is 10.1 Å². The maximum atomic E-state index is 12.9. The molecule has 3 aromatic carbocycles. The zero-order chi connectivity index (χ0) is 19.1. The van der Waals surface area contributed by atoms with Crippen molar-refractivity contribution in [3.05, 3.63) is 112 Å². The number of nitrogens with zero attached hydrogens (tertiary/aromatic N) is 1. The van der Waals surface area contributed by atoms with Crippen molar-refractivity contribution in [3.8, 4) is 5.75 Å². The fourth-order valence-electron chi connectivity index (χ4n) is 2.36. The fraction of sp³-hybridized carbons (Fsp3) is 0. The van der Waals surface area contributed by atoms with E-state index in [2.05, 4.69) is 0 Å². The lowest BCUT2D eigenvalue weighted by atomic mass is 10.1. The van der Waals surface area contributed by atoms with Crippen LogP contribution in [0.4, 0.5) is 0 Å². The summed E-state index contributed by atoms with van der Waals surface area (Å²) in [6, 6.07) is 24.6. The predicted molar refractivity (Wildman–Crippen MR) is 105 cm³/mol. The summed E-state index contributed by atoms with van der Waals surface area (Å²) >= 11 is 0.517. The maximum Gasteiger partial charge on any atom is 0.265 e. The molecule has 3 rings (SSSR count). The molecule has 5 nitrogen and oxygen atoms in total. The highest BCUT2D eigenvalue weighted by atomic mass is 32.2. The third-order valence-electron chi connectivity index (χ3n) is 3.59. The van der Waals surface area contributed by atoms with E-state index in [0.29, 0.717) is 28.2 Å². The van der Waals surface area contributed by atoms with Gasteiger partial charge in [0.15, 0.2) is 5.76 Å². The maximum absolute atomic E-state index is 12.9. The van der Waals surface area contributed by atoms with Gasteiger partial charge in [-0.15, -0.1) is 0 Å². The molecule has 0 N–H and O–H groups in total. The van der Waals surface area contributed by atoms with Crippen LogP contribution in [0.1, 0.15) is 15.9 Å². The third kappa shape index (κ3) is 5.29. The molecule has 0 aliphatic rings. The smallest absolute Gasteiger partial charge is 0.265 e. The van der Waals surface area contributed by atoms with E-state index < -0.39 is 4.33 Å². The molecule has 0 amide bonds. The van der Waals surface area contributed by atoms with Crippen molar-refractivity contribution in [1.82, 2.24) is 0 Å². The van der Waals surface area contributed by atoms with E-state index in [0.717, 1.165) is 5.56 Å². The summed E-state index contributed by atoms with van der Waals surface area (Å²) in [6.07, 6.45) is 1.68. The van der Waals surface area contributed by atoms with Gasteiger partial charge >= 0.3 is 0 Å². The monoisotopic (exact) mass is 377 g/mol. The summed E-state index contributed by atoms with van der Waals surface area (Å²) in [6.45, 7) is 0. The van der Waals surface area contributed by atoms with Gasteiger partial charge in [0.05, 0.1) is 4.90 Å². The van der Waals surface area contributed by atoms with E-state index >= 15 is 0 Å². The molecule has 0 aromatic heterocycles. The lowest BCUT2D eigenvalue weighted by molar-refractivity contribution is -0.284. The summed E-state index contributed by atoms with van der Waals surface area (Å²) in [4.78, 5) is 23.9. The van der Waals surface area contributed by atoms with Crippen LogP contribution in [0.3, 0.4) is 0 Å². The Kier molecular flexibility index (Phi) is 6.02. The molecule has 0 saturated heterocycles. The second-order valence-electron chi connectivity index (χ2n) is 5.50. The van der Waals surface area contributed by atoms with Crippen LogP contribution in [0, 0.1) is 10.1 Å². The Hall–Kier alpha value is -3.38. The Morgan fingerprint density at radius 1 is 0.889 bits per heavy atom. The molecule has 0 radical (unpaired) electrons. The van der Waals surface area contributed by atoms with Gasteiger partial charge in [0, 0.05) is 5.56 Å². The molecule has 0 saturated carbocycles. The standard InChI is InChI=1S/C21H15NO4S/c23-21(17-9-5-2-6-10-17)20(15-16-7-3-1-4-8-16)26-18-11-13-19(14-12-18)27-22(24)25/h1-15H/b20-15+. The number of carbonyl (C=O) groups is 1. The minimum atomic E-state index is -0.477. The van der Waals surface area contributed by atoms with Gasteiger partial charge in [-0.1, -0.05) is 60.7 Å². The Bertz CT molecular complexity index is 954. The lowest BCUT2D eigenvalue weighted by Gasteiger charge is -2.10. The molecule has 0 aliphatic heterocycles. The molecule has 0 atom stereocenters. The van der Waals surface area contributed by atoms with Gasteiger partial charge in [-0.2, -0.15) is 0 Å². The Morgan fingerprint density at radius 2 is 1.48 bits per heavy atom. The van der Waals surface area contributed by atoms with Crippen LogP contribution >= 0.6 is 11.9 Å². The first kappa shape index (κ1) is 18.4. The molecule has 3 aromatic rings. The number of benzene rings is 3. The van der Waals surface area contributed by atoms with Gasteiger partial charge in [0.25, 0.3) is 11.9 Å². The van der Waals surface area contributed by atoms with E-state index in [1.807, 2.05) is 36.4 Å². The first-order valence-corrected chi connectivity index (χ1v) is 8.86. The normalized spacial score (nSPS) is 11.0. The zero-order valence-electron chi connectivity index (χ0n) is 14.1. The van der Waals surface area contributed by atoms with Crippen molar-refractivity contribution in [2.24, 2.45) is 0 Å². The van der Waals surface area contributed by atoms with Crippen LogP contribution in [-0.2, 0) is 0 Å². The van der Waals surface area contributed by atoms with Crippen molar-refractivity contribution >= 4 is 23.8 Å². The molecule has 0 spiro atoms. The number of hydrogen-bond acceptors (Lipinski definition) is 5. The molecule has 27 heavy (non-hydrogen) atoms. The number of Topliss-reactive ketones (excluding diaryl/α,β-unsaturated/α-hetero) is 1. The molecule has 0 unspecified atom stereocenters. The van der Waals surface area contributed by atoms with E-state index in [-0.39, 0.29) is 11.5 Å². The summed E-state index contributed by atoms with van der Waals surface area (Å²) in [5.41, 5.74) is 1.34. The Balaban J connectivity index is 1.89. The summed E-state index contributed by atoms with van der Waals surface area (Å²) in [5.74, 6) is 0.347. The van der Waals surface area contributed by atoms with E-state index in [1.165, 1.54) is 0 Å². The van der Waals surface area contributed by atoms with Crippen LogP contribution in [0.15, 0.2) is 95.6 Å². The predicted octanol–water partition coefficient (Wildman–Crippen LogP) is 5.27. The highest BCUT2D eigenvalue weighted by Crippen LogP contribution is 2.24. The fourth-order valence-corrected chi connectivity index (χ4v) is 2.79. The van der Waals surface area contributed by atoms with Gasteiger partial charge in [0.2, 0.25) is 5.78 Å². The van der Waals surface area contributed by atoms with Gasteiger partial charge < -0.3 is 4.74 Å². The molecule has 0 heterocycles. The van der Waals surface area contributed by atoms with Crippen LogP contribution < -0.4 is 4.74 Å². The molecule has 6 heteroatoms. The summed E-state index contributed by atoms with van der Waals surface area (Å²) in [7, 11) is 0. The SMILES string of the molecule is O=C(/C(=C\c1ccccc1)Oc1ccc(S[N+](=O)[O-])cc1)c1ccccc1. The third-order valence-corrected chi connectivity index (χ3v) is 4.22. The minimum absolute atomic E-state index is 0.169. The summed E-state index contributed by atoms with van der Waals surface area (Å²) < 4.78 is 5.35. The number of ether oxygens (including phenoxy) is 1. The molecular weight excluding hydrogens is 362 g/mol. The average Bonchev–Trinajstić information content (AvgIpc) is 2.69. The summed E-state index contributed by atoms with van der Waals surface area (Å²) in [5, 5.41) is 10.6. The molecule has 0 fully saturated rings. The molecular formula is C21H15NO4S. The van der Waals surface area contributed by atoms with Gasteiger partial charge in [-0.25, -0.2) is 0 Å². The van der Waals surface area contributed by atoms with Gasteiger partial charge in [0.1, 0.15) is 10.1 Å². The number of hydrogen-bond donors (Lipinski definition) is 0. The average molecular weight is 377 g/mol. The van der Waals surface area contributed by atoms with Crippen LogP contribution in [0.2, 0.25) is 0 Å². The molecule has 134 valence electrons. The highest BCUT2D eigenvalue weighted by molar-refractivity contribution is 7.93. The number of nitro groups is 1. The van der Waals surface area contributed by atoms with E-state index in [9.17, 15) is 14.9 Å². The van der Waals surface area contributed by atoms with Crippen molar-refractivity contribution in [1.29, 1.82) is 0 Å². The van der Waals surface area contributed by atoms with Crippen LogP contribution in [0.5, 0.6) is 5.75 Å². The topological polar surface area (TPSA) is 69.4 Å². The van der Waals surface area contributed by atoms with Crippen molar-refractivity contribution < 1.29 is 13.9 Å². The first-order valence-electron chi connectivity index (χ1n) is 8.08. The van der Waals surface area contributed by atoms with Gasteiger partial charge in [-0.3, -0.25) is 14.9 Å². The minimum Gasteiger partial charge on any atom is -0.453 e. The Morgan fingerprint density at radius 3 is 2.07 bits per heavy atom. The molecule has 0 bridgehead atoms. The number of rotatable bonds is 7. The second-order valence-corrected chi connectivity index (χ2v) is 6.45.